The zero-order valence-corrected chi connectivity index (χ0v) is 15.4. The van der Waals surface area contributed by atoms with Gasteiger partial charge in [0.2, 0.25) is 5.91 Å². The summed E-state index contributed by atoms with van der Waals surface area (Å²) < 4.78 is 0. The second kappa shape index (κ2) is 10.2. The van der Waals surface area contributed by atoms with E-state index in [0.29, 0.717) is 18.7 Å². The number of hydrogen-bond donors (Lipinski definition) is 4. The van der Waals surface area contributed by atoms with Crippen LogP contribution >= 0.6 is 11.3 Å². The predicted molar refractivity (Wildman–Crippen MR) is 104 cm³/mol. The standard InChI is InChI=1S/C18H23N5O2S/c1-2-20-18(23-10-14-7-8-26-12-14)22-9-13-3-5-15(6-4-13)17(25)21-11-16(19)24/h3-8,12H,2,9-11H2,1H3,(H2,19,24)(H,21,25)(H2,20,22,23). The first-order valence-corrected chi connectivity index (χ1v) is 9.21. The van der Waals surface area contributed by atoms with Gasteiger partial charge in [-0.1, -0.05) is 12.1 Å². The molecule has 5 N–H and O–H groups in total. The fraction of sp³-hybridized carbons (Fsp3) is 0.278. The number of primary amides is 1. The van der Waals surface area contributed by atoms with E-state index in [2.05, 4.69) is 32.4 Å². The number of amides is 2. The van der Waals surface area contributed by atoms with Crippen LogP contribution in [0.3, 0.4) is 0 Å². The van der Waals surface area contributed by atoms with Gasteiger partial charge in [0, 0.05) is 18.7 Å². The molecule has 2 amide bonds. The molecular weight excluding hydrogens is 350 g/mol. The van der Waals surface area contributed by atoms with Crippen LogP contribution in [0.5, 0.6) is 0 Å². The zero-order valence-electron chi connectivity index (χ0n) is 14.6. The Balaban J connectivity index is 1.89. The Hall–Kier alpha value is -2.87. The molecule has 1 heterocycles. The monoisotopic (exact) mass is 373 g/mol. The SMILES string of the molecule is CCNC(=NCc1ccsc1)NCc1ccc(C(=O)NCC(N)=O)cc1. The molecule has 0 aliphatic rings. The average molecular weight is 373 g/mol. The number of nitrogens with one attached hydrogen (secondary N) is 3. The van der Waals surface area contributed by atoms with Gasteiger partial charge in [0.25, 0.3) is 5.91 Å². The van der Waals surface area contributed by atoms with E-state index in [1.165, 1.54) is 5.56 Å². The third-order valence-electron chi connectivity index (χ3n) is 3.44. The topological polar surface area (TPSA) is 109 Å². The maximum absolute atomic E-state index is 11.8. The second-order valence-electron chi connectivity index (χ2n) is 5.53. The van der Waals surface area contributed by atoms with Crippen molar-refractivity contribution in [1.82, 2.24) is 16.0 Å². The van der Waals surface area contributed by atoms with Gasteiger partial charge in [0.05, 0.1) is 13.1 Å². The number of nitrogens with two attached hydrogens (primary N) is 1. The largest absolute Gasteiger partial charge is 0.368 e. The lowest BCUT2D eigenvalue weighted by Gasteiger charge is -2.11. The average Bonchev–Trinajstić information content (AvgIpc) is 3.16. The summed E-state index contributed by atoms with van der Waals surface area (Å²) in [6.07, 6.45) is 0. The molecule has 0 saturated carbocycles. The van der Waals surface area contributed by atoms with Gasteiger partial charge in [-0.3, -0.25) is 9.59 Å². The van der Waals surface area contributed by atoms with E-state index >= 15 is 0 Å². The lowest BCUT2D eigenvalue weighted by atomic mass is 10.1. The number of benzene rings is 1. The third kappa shape index (κ3) is 6.56. The maximum Gasteiger partial charge on any atom is 0.251 e. The van der Waals surface area contributed by atoms with Crippen molar-refractivity contribution < 1.29 is 9.59 Å². The molecule has 1 aromatic heterocycles. The quantitative estimate of drug-likeness (QED) is 0.412. The van der Waals surface area contributed by atoms with Crippen molar-refractivity contribution in [3.05, 3.63) is 57.8 Å². The normalized spacial score (nSPS) is 11.0. The van der Waals surface area contributed by atoms with Crippen LogP contribution in [0, 0.1) is 0 Å². The summed E-state index contributed by atoms with van der Waals surface area (Å²) >= 11 is 1.66. The van der Waals surface area contributed by atoms with Crippen molar-refractivity contribution in [3.63, 3.8) is 0 Å². The molecule has 0 aliphatic carbocycles. The van der Waals surface area contributed by atoms with E-state index < -0.39 is 5.91 Å². The minimum absolute atomic E-state index is 0.172. The molecule has 26 heavy (non-hydrogen) atoms. The Morgan fingerprint density at radius 1 is 1.08 bits per heavy atom. The highest BCUT2D eigenvalue weighted by molar-refractivity contribution is 7.07. The van der Waals surface area contributed by atoms with Crippen LogP contribution in [0.1, 0.15) is 28.4 Å². The molecule has 2 rings (SSSR count). The molecule has 0 bridgehead atoms. The molecule has 0 atom stereocenters. The molecule has 0 saturated heterocycles. The molecule has 138 valence electrons. The number of carbonyl (C=O) groups excluding carboxylic acids is 2. The Morgan fingerprint density at radius 3 is 2.46 bits per heavy atom. The van der Waals surface area contributed by atoms with Crippen molar-refractivity contribution in [2.75, 3.05) is 13.1 Å². The Morgan fingerprint density at radius 2 is 1.85 bits per heavy atom. The van der Waals surface area contributed by atoms with Crippen molar-refractivity contribution in [2.45, 2.75) is 20.0 Å². The first-order chi connectivity index (χ1) is 12.6. The molecule has 0 spiro atoms. The summed E-state index contributed by atoms with van der Waals surface area (Å²) in [4.78, 5) is 27.1. The summed E-state index contributed by atoms with van der Waals surface area (Å²) in [7, 11) is 0. The van der Waals surface area contributed by atoms with Crippen LogP contribution in [0.4, 0.5) is 0 Å². The molecule has 0 radical (unpaired) electrons. The van der Waals surface area contributed by atoms with Crippen molar-refractivity contribution in [2.24, 2.45) is 10.7 Å². The smallest absolute Gasteiger partial charge is 0.251 e. The van der Waals surface area contributed by atoms with Crippen LogP contribution in [-0.2, 0) is 17.9 Å². The summed E-state index contributed by atoms with van der Waals surface area (Å²) in [6.45, 7) is 3.82. The highest BCUT2D eigenvalue weighted by Crippen LogP contribution is 2.07. The molecule has 2 aromatic rings. The van der Waals surface area contributed by atoms with Crippen LogP contribution in [0.15, 0.2) is 46.1 Å². The molecule has 0 aliphatic heterocycles. The highest BCUT2D eigenvalue weighted by Gasteiger charge is 2.06. The Bertz CT molecular complexity index is 741. The maximum atomic E-state index is 11.8. The van der Waals surface area contributed by atoms with Crippen LogP contribution in [-0.4, -0.2) is 30.9 Å². The molecular formula is C18H23N5O2S. The number of aliphatic imine (C=N–C) groups is 1. The molecule has 0 fully saturated rings. The van der Waals surface area contributed by atoms with Crippen molar-refractivity contribution in [3.8, 4) is 0 Å². The number of nitrogens with zero attached hydrogens (tertiary/aromatic N) is 1. The van der Waals surface area contributed by atoms with Crippen molar-refractivity contribution in [1.29, 1.82) is 0 Å². The number of carbonyl (C=O) groups is 2. The van der Waals surface area contributed by atoms with E-state index in [-0.39, 0.29) is 12.5 Å². The summed E-state index contributed by atoms with van der Waals surface area (Å²) in [5.41, 5.74) is 7.68. The van der Waals surface area contributed by atoms with Crippen LogP contribution in [0.25, 0.3) is 0 Å². The second-order valence-corrected chi connectivity index (χ2v) is 6.31. The highest BCUT2D eigenvalue weighted by atomic mass is 32.1. The fourth-order valence-corrected chi connectivity index (χ4v) is 2.78. The van der Waals surface area contributed by atoms with Gasteiger partial charge in [-0.2, -0.15) is 11.3 Å². The molecule has 8 heteroatoms. The van der Waals surface area contributed by atoms with Gasteiger partial charge in [-0.25, -0.2) is 4.99 Å². The van der Waals surface area contributed by atoms with E-state index in [1.54, 1.807) is 23.5 Å². The molecule has 7 nitrogen and oxygen atoms in total. The predicted octanol–water partition coefficient (Wildman–Crippen LogP) is 1.22. The lowest BCUT2D eigenvalue weighted by molar-refractivity contribution is -0.117. The fourth-order valence-electron chi connectivity index (χ4n) is 2.12. The first-order valence-electron chi connectivity index (χ1n) is 8.27. The van der Waals surface area contributed by atoms with Crippen LogP contribution in [0.2, 0.25) is 0 Å². The van der Waals surface area contributed by atoms with Crippen molar-refractivity contribution >= 4 is 29.1 Å². The summed E-state index contributed by atoms with van der Waals surface area (Å²) in [5.74, 6) is -0.159. The number of rotatable bonds is 8. The van der Waals surface area contributed by atoms with Crippen LogP contribution < -0.4 is 21.7 Å². The Kier molecular flexibility index (Phi) is 7.63. The van der Waals surface area contributed by atoms with E-state index in [9.17, 15) is 9.59 Å². The number of thiophene rings is 1. The minimum atomic E-state index is -0.572. The van der Waals surface area contributed by atoms with Gasteiger partial charge in [0.1, 0.15) is 0 Å². The number of guanidine groups is 1. The minimum Gasteiger partial charge on any atom is -0.368 e. The Labute approximate surface area is 156 Å². The molecule has 1 aromatic carbocycles. The summed E-state index contributed by atoms with van der Waals surface area (Å²) in [5, 5.41) is 13.0. The van der Waals surface area contributed by atoms with E-state index in [1.807, 2.05) is 24.4 Å². The van der Waals surface area contributed by atoms with E-state index in [4.69, 9.17) is 5.73 Å². The molecule has 0 unspecified atom stereocenters. The van der Waals surface area contributed by atoms with Gasteiger partial charge in [-0.05, 0) is 47.0 Å². The van der Waals surface area contributed by atoms with Gasteiger partial charge >= 0.3 is 0 Å². The van der Waals surface area contributed by atoms with Gasteiger partial charge in [-0.15, -0.1) is 0 Å². The van der Waals surface area contributed by atoms with Gasteiger partial charge < -0.3 is 21.7 Å². The summed E-state index contributed by atoms with van der Waals surface area (Å²) in [6, 6.07) is 9.19. The third-order valence-corrected chi connectivity index (χ3v) is 4.18. The number of hydrogen-bond acceptors (Lipinski definition) is 4. The first kappa shape index (κ1) is 19.5. The van der Waals surface area contributed by atoms with Gasteiger partial charge in [0.15, 0.2) is 5.96 Å². The van der Waals surface area contributed by atoms with E-state index in [0.717, 1.165) is 18.1 Å². The zero-order chi connectivity index (χ0) is 18.8. The lowest BCUT2D eigenvalue weighted by Crippen LogP contribution is -2.36.